The summed E-state index contributed by atoms with van der Waals surface area (Å²) in [7, 11) is 3.64. The van der Waals surface area contributed by atoms with E-state index in [0.717, 1.165) is 24.2 Å². The number of aromatic amines is 1. The van der Waals surface area contributed by atoms with Crippen molar-refractivity contribution < 1.29 is 4.74 Å². The van der Waals surface area contributed by atoms with Crippen molar-refractivity contribution >= 4 is 11.7 Å². The Morgan fingerprint density at radius 2 is 2.18 bits per heavy atom. The molecule has 28 heavy (non-hydrogen) atoms. The van der Waals surface area contributed by atoms with Crippen LogP contribution in [0.3, 0.4) is 0 Å². The van der Waals surface area contributed by atoms with Gasteiger partial charge in [0.1, 0.15) is 5.82 Å². The van der Waals surface area contributed by atoms with E-state index in [9.17, 15) is 0 Å². The highest BCUT2D eigenvalue weighted by molar-refractivity contribution is 5.95. The summed E-state index contributed by atoms with van der Waals surface area (Å²) in [6.07, 6.45) is 9.92. The van der Waals surface area contributed by atoms with E-state index < -0.39 is 0 Å². The number of nitrogens with zero attached hydrogens (tertiary/aromatic N) is 3. The molecule has 3 heterocycles. The molecule has 0 radical (unpaired) electrons. The normalized spacial score (nSPS) is 16.1. The summed E-state index contributed by atoms with van der Waals surface area (Å²) in [6.45, 7) is 4.87. The smallest absolute Gasteiger partial charge is 0.213 e. The lowest BCUT2D eigenvalue weighted by Gasteiger charge is -2.18. The summed E-state index contributed by atoms with van der Waals surface area (Å²) in [5.74, 6) is 1.56. The first-order chi connectivity index (χ1) is 13.5. The van der Waals surface area contributed by atoms with Crippen LogP contribution < -0.4 is 5.32 Å². The predicted molar refractivity (Wildman–Crippen MR) is 114 cm³/mol. The molecule has 0 bridgehead atoms. The van der Waals surface area contributed by atoms with Crippen molar-refractivity contribution in [2.24, 2.45) is 12.0 Å². The van der Waals surface area contributed by atoms with Crippen molar-refractivity contribution in [3.8, 4) is 0 Å². The molecule has 3 rings (SSSR count). The number of aliphatic imine (C=N–C) groups is 1. The van der Waals surface area contributed by atoms with E-state index >= 15 is 0 Å². The number of aryl methyl sites for hydroxylation is 2. The number of aromatic nitrogens is 3. The van der Waals surface area contributed by atoms with Gasteiger partial charge in [0, 0.05) is 44.2 Å². The Labute approximate surface area is 166 Å². The number of H-pyrrole nitrogens is 1. The van der Waals surface area contributed by atoms with Crippen molar-refractivity contribution in [1.29, 1.82) is 0 Å². The van der Waals surface area contributed by atoms with Gasteiger partial charge in [-0.1, -0.05) is 18.2 Å². The lowest BCUT2D eigenvalue weighted by atomic mass is 10.0. The van der Waals surface area contributed by atoms with Gasteiger partial charge in [0.05, 0.1) is 13.2 Å². The SMILES string of the molecule is COC1=NC(C)CC=C1CNc1ccc(Cc2c[nH]n(C)cccc2C)cn1. The first-order valence-electron chi connectivity index (χ1n) is 9.58. The van der Waals surface area contributed by atoms with Gasteiger partial charge in [0.2, 0.25) is 5.90 Å². The van der Waals surface area contributed by atoms with Crippen LogP contribution in [0.5, 0.6) is 0 Å². The van der Waals surface area contributed by atoms with Crippen LogP contribution in [0.25, 0.3) is 0 Å². The van der Waals surface area contributed by atoms with Crippen LogP contribution in [0.1, 0.15) is 30.0 Å². The highest BCUT2D eigenvalue weighted by atomic mass is 16.5. The minimum Gasteiger partial charge on any atom is -0.481 e. The number of hydrogen-bond donors (Lipinski definition) is 2. The molecule has 0 saturated heterocycles. The average Bonchev–Trinajstić information content (AvgIpc) is 2.69. The van der Waals surface area contributed by atoms with Gasteiger partial charge in [-0.15, -0.1) is 0 Å². The summed E-state index contributed by atoms with van der Waals surface area (Å²) in [5, 5.41) is 6.61. The molecule has 0 spiro atoms. The number of rotatable bonds is 5. The number of ether oxygens (including phenoxy) is 1. The molecule has 0 aromatic carbocycles. The largest absolute Gasteiger partial charge is 0.481 e. The van der Waals surface area contributed by atoms with Crippen LogP contribution in [-0.2, 0) is 18.2 Å². The maximum absolute atomic E-state index is 5.40. The molecular formula is C22H29N5O. The molecule has 1 atom stereocenters. The highest BCUT2D eigenvalue weighted by Crippen LogP contribution is 2.16. The number of methoxy groups -OCH3 is 1. The quantitative estimate of drug-likeness (QED) is 0.827. The second-order valence-electron chi connectivity index (χ2n) is 7.14. The lowest BCUT2D eigenvalue weighted by molar-refractivity contribution is 0.395. The zero-order chi connectivity index (χ0) is 19.9. The standard InChI is InChI=1S/C22H29N5O/c1-16-6-5-11-27(3)25-15-20(16)12-18-8-10-21(23-13-18)24-14-19-9-7-17(2)26-22(19)28-4/h5-6,8-11,13,15,17,25H,7,12,14H2,1-4H3,(H,23,24). The molecule has 1 aliphatic heterocycles. The summed E-state index contributed by atoms with van der Waals surface area (Å²) in [6, 6.07) is 8.58. The van der Waals surface area contributed by atoms with Crippen molar-refractivity contribution in [1.82, 2.24) is 14.8 Å². The van der Waals surface area contributed by atoms with E-state index in [2.05, 4.69) is 52.4 Å². The van der Waals surface area contributed by atoms with E-state index in [4.69, 9.17) is 4.74 Å². The topological polar surface area (TPSA) is 67.2 Å². The molecule has 2 aromatic rings. The fraction of sp³-hybridized carbons (Fsp3) is 0.364. The molecule has 1 unspecified atom stereocenters. The van der Waals surface area contributed by atoms with E-state index in [1.165, 1.54) is 16.7 Å². The Morgan fingerprint density at radius 1 is 1.32 bits per heavy atom. The Morgan fingerprint density at radius 3 is 2.93 bits per heavy atom. The summed E-state index contributed by atoms with van der Waals surface area (Å²) < 4.78 is 7.32. The molecule has 0 aliphatic carbocycles. The van der Waals surface area contributed by atoms with Crippen LogP contribution in [0, 0.1) is 6.92 Å². The number of pyridine rings is 1. The van der Waals surface area contributed by atoms with E-state index in [-0.39, 0.29) is 6.04 Å². The van der Waals surface area contributed by atoms with Crippen molar-refractivity contribution in [3.63, 3.8) is 0 Å². The molecule has 2 N–H and O–H groups in total. The maximum Gasteiger partial charge on any atom is 0.213 e. The van der Waals surface area contributed by atoms with Gasteiger partial charge in [-0.3, -0.25) is 4.68 Å². The molecular weight excluding hydrogens is 350 g/mol. The van der Waals surface area contributed by atoms with Crippen LogP contribution in [0.15, 0.2) is 59.5 Å². The molecule has 6 heteroatoms. The number of nitrogens with one attached hydrogen (secondary N) is 2. The lowest BCUT2D eigenvalue weighted by Crippen LogP contribution is -2.20. The van der Waals surface area contributed by atoms with E-state index in [1.807, 2.05) is 42.5 Å². The van der Waals surface area contributed by atoms with Gasteiger partial charge in [-0.2, -0.15) is 0 Å². The molecule has 6 nitrogen and oxygen atoms in total. The van der Waals surface area contributed by atoms with E-state index in [0.29, 0.717) is 12.4 Å². The zero-order valence-corrected chi connectivity index (χ0v) is 17.1. The summed E-state index contributed by atoms with van der Waals surface area (Å²) in [4.78, 5) is 9.11. The number of hydrogen-bond acceptors (Lipinski definition) is 4. The minimum atomic E-state index is 0.279. The first-order valence-corrected chi connectivity index (χ1v) is 9.58. The molecule has 0 fully saturated rings. The first kappa shape index (κ1) is 19.7. The second kappa shape index (κ2) is 9.26. The second-order valence-corrected chi connectivity index (χ2v) is 7.14. The Bertz CT molecular complexity index is 903. The molecule has 1 aliphatic rings. The highest BCUT2D eigenvalue weighted by Gasteiger charge is 2.14. The third kappa shape index (κ3) is 5.25. The average molecular weight is 380 g/mol. The molecule has 2 aromatic heterocycles. The van der Waals surface area contributed by atoms with Crippen LogP contribution in [-0.4, -0.2) is 40.4 Å². The molecule has 0 amide bonds. The van der Waals surface area contributed by atoms with Crippen LogP contribution in [0.2, 0.25) is 0 Å². The zero-order valence-electron chi connectivity index (χ0n) is 17.1. The van der Waals surface area contributed by atoms with Gasteiger partial charge in [0.25, 0.3) is 0 Å². The number of dihydropyridines is 1. The molecule has 148 valence electrons. The fourth-order valence-corrected chi connectivity index (χ4v) is 3.06. The Balaban J connectivity index is 1.65. The Hall–Kier alpha value is -3.02. The summed E-state index contributed by atoms with van der Waals surface area (Å²) in [5.41, 5.74) is 4.73. The monoisotopic (exact) mass is 379 g/mol. The van der Waals surface area contributed by atoms with Gasteiger partial charge >= 0.3 is 0 Å². The van der Waals surface area contributed by atoms with Gasteiger partial charge in [-0.25, -0.2) is 9.98 Å². The van der Waals surface area contributed by atoms with Crippen molar-refractivity contribution in [2.75, 3.05) is 19.0 Å². The van der Waals surface area contributed by atoms with Gasteiger partial charge in [-0.05, 0) is 49.1 Å². The fourth-order valence-electron chi connectivity index (χ4n) is 3.06. The maximum atomic E-state index is 5.40. The molecule has 0 saturated carbocycles. The predicted octanol–water partition coefficient (Wildman–Crippen LogP) is 3.95. The minimum absolute atomic E-state index is 0.279. The van der Waals surface area contributed by atoms with Crippen LogP contribution in [0.4, 0.5) is 5.82 Å². The van der Waals surface area contributed by atoms with Crippen LogP contribution >= 0.6 is 0 Å². The summed E-state index contributed by atoms with van der Waals surface area (Å²) >= 11 is 0. The van der Waals surface area contributed by atoms with Gasteiger partial charge < -0.3 is 15.2 Å². The third-order valence-electron chi connectivity index (χ3n) is 4.80. The number of anilines is 1. The van der Waals surface area contributed by atoms with Gasteiger partial charge in [0.15, 0.2) is 0 Å². The van der Waals surface area contributed by atoms with Crippen molar-refractivity contribution in [3.05, 3.63) is 71.2 Å². The van der Waals surface area contributed by atoms with E-state index in [1.54, 1.807) is 7.11 Å². The third-order valence-corrected chi connectivity index (χ3v) is 4.80. The Kier molecular flexibility index (Phi) is 6.53. The van der Waals surface area contributed by atoms with Crippen molar-refractivity contribution in [2.45, 2.75) is 32.7 Å².